The third-order valence-electron chi connectivity index (χ3n) is 3.98. The fourth-order valence-corrected chi connectivity index (χ4v) is 3.67. The van der Waals surface area contributed by atoms with Crippen LogP contribution in [0, 0.1) is 6.92 Å². The van der Waals surface area contributed by atoms with E-state index in [0.717, 1.165) is 11.3 Å². The lowest BCUT2D eigenvalue weighted by Gasteiger charge is -2.06. The predicted octanol–water partition coefficient (Wildman–Crippen LogP) is 3.65. The molecule has 0 aliphatic rings. The Bertz CT molecular complexity index is 1030. The van der Waals surface area contributed by atoms with E-state index < -0.39 is 17.8 Å². The van der Waals surface area contributed by atoms with Crippen molar-refractivity contribution in [1.82, 2.24) is 10.2 Å². The third kappa shape index (κ3) is 4.21. The highest BCUT2D eigenvalue weighted by Gasteiger charge is 2.28. The maximum absolute atomic E-state index is 12.7. The molecule has 0 fully saturated rings. The number of hydrogen-bond acceptors (Lipinski definition) is 8. The van der Waals surface area contributed by atoms with Gasteiger partial charge in [0.05, 0.1) is 25.5 Å². The normalized spacial score (nSPS) is 10.6. The second-order valence-corrected chi connectivity index (χ2v) is 7.01. The summed E-state index contributed by atoms with van der Waals surface area (Å²) in [7, 11) is 1.24. The van der Waals surface area contributed by atoms with Crippen LogP contribution in [0.2, 0.25) is 0 Å². The third-order valence-corrected chi connectivity index (χ3v) is 5.17. The zero-order valence-corrected chi connectivity index (χ0v) is 16.8. The second kappa shape index (κ2) is 8.74. The molecule has 0 saturated carbocycles. The molecule has 0 atom stereocenters. The van der Waals surface area contributed by atoms with Crippen LogP contribution in [0.15, 0.2) is 28.9 Å². The Labute approximate surface area is 170 Å². The van der Waals surface area contributed by atoms with Crippen LogP contribution in [0.5, 0.6) is 0 Å². The first-order chi connectivity index (χ1) is 14.0. The summed E-state index contributed by atoms with van der Waals surface area (Å²) in [5.74, 6) is -1.25. The minimum atomic E-state index is -0.621. The molecule has 3 rings (SSSR count). The van der Waals surface area contributed by atoms with Crippen molar-refractivity contribution in [2.24, 2.45) is 0 Å². The molecule has 0 aliphatic heterocycles. The fourth-order valence-electron chi connectivity index (χ4n) is 2.56. The quantitative estimate of drug-likeness (QED) is 0.562. The Balaban J connectivity index is 1.89. The Morgan fingerprint density at radius 3 is 2.76 bits per heavy atom. The van der Waals surface area contributed by atoms with E-state index >= 15 is 0 Å². The van der Waals surface area contributed by atoms with E-state index in [9.17, 15) is 14.4 Å². The molecule has 1 amide bonds. The monoisotopic (exact) mass is 417 g/mol. The molecule has 3 heterocycles. The first-order valence-corrected chi connectivity index (χ1v) is 9.57. The van der Waals surface area contributed by atoms with Gasteiger partial charge >= 0.3 is 11.9 Å². The molecule has 0 aliphatic carbocycles. The van der Waals surface area contributed by atoms with Gasteiger partial charge in [-0.1, -0.05) is 6.92 Å². The molecule has 10 heteroatoms. The maximum Gasteiger partial charge on any atom is 0.348 e. The van der Waals surface area contributed by atoms with Crippen molar-refractivity contribution >= 4 is 34.2 Å². The van der Waals surface area contributed by atoms with Crippen molar-refractivity contribution < 1.29 is 28.3 Å². The molecule has 0 bridgehead atoms. The lowest BCUT2D eigenvalue weighted by atomic mass is 10.1. The highest BCUT2D eigenvalue weighted by atomic mass is 32.1. The number of rotatable bonds is 7. The Morgan fingerprint density at radius 2 is 2.10 bits per heavy atom. The lowest BCUT2D eigenvalue weighted by Crippen LogP contribution is -2.15. The summed E-state index contributed by atoms with van der Waals surface area (Å²) in [5.41, 5.74) is 1.13. The van der Waals surface area contributed by atoms with Gasteiger partial charge in [-0.25, -0.2) is 9.59 Å². The molecule has 0 spiro atoms. The average Bonchev–Trinajstić information content (AvgIpc) is 3.45. The number of aromatic nitrogens is 2. The summed E-state index contributed by atoms with van der Waals surface area (Å²) in [6.45, 7) is 3.69. The first-order valence-electron chi connectivity index (χ1n) is 8.75. The van der Waals surface area contributed by atoms with Gasteiger partial charge in [0.15, 0.2) is 11.5 Å². The van der Waals surface area contributed by atoms with Gasteiger partial charge in [0, 0.05) is 6.07 Å². The van der Waals surface area contributed by atoms with Crippen molar-refractivity contribution in [2.75, 3.05) is 19.0 Å². The van der Waals surface area contributed by atoms with Gasteiger partial charge in [-0.2, -0.15) is 5.10 Å². The number of ether oxygens (including phenoxy) is 2. The van der Waals surface area contributed by atoms with Gasteiger partial charge < -0.3 is 19.2 Å². The molecule has 2 N–H and O–H groups in total. The Morgan fingerprint density at radius 1 is 1.31 bits per heavy atom. The topological polar surface area (TPSA) is 124 Å². The standard InChI is InChI=1S/C19H19N3O6S/c1-4-7-28-18(24)14-10(2)15(19(25)26-3)29-17(14)20-16(23)12-9-11(21-22-12)13-6-5-8-27-13/h5-6,8-9H,4,7H2,1-3H3,(H,20,23)(H,21,22). The van der Waals surface area contributed by atoms with E-state index in [1.165, 1.54) is 19.4 Å². The minimum Gasteiger partial charge on any atom is -0.465 e. The zero-order chi connectivity index (χ0) is 21.0. The van der Waals surface area contributed by atoms with Crippen LogP contribution < -0.4 is 5.32 Å². The largest absolute Gasteiger partial charge is 0.465 e. The molecular formula is C19H19N3O6S. The molecule has 0 aromatic carbocycles. The number of nitrogens with zero attached hydrogens (tertiary/aromatic N) is 1. The zero-order valence-electron chi connectivity index (χ0n) is 16.0. The number of anilines is 1. The summed E-state index contributed by atoms with van der Waals surface area (Å²) in [4.78, 5) is 37.4. The molecule has 152 valence electrons. The smallest absolute Gasteiger partial charge is 0.348 e. The Hall–Kier alpha value is -3.40. The van der Waals surface area contributed by atoms with Crippen LogP contribution in [-0.4, -0.2) is 41.8 Å². The summed E-state index contributed by atoms with van der Waals surface area (Å²) in [6.07, 6.45) is 2.15. The SMILES string of the molecule is CCCOC(=O)c1c(NC(=O)c2cc(-c3ccco3)[nH]n2)sc(C(=O)OC)c1C. The minimum absolute atomic E-state index is 0.0925. The molecule has 9 nitrogen and oxygen atoms in total. The number of hydrogen-bond donors (Lipinski definition) is 2. The highest BCUT2D eigenvalue weighted by molar-refractivity contribution is 7.18. The number of carbonyl (C=O) groups is 3. The number of nitrogens with one attached hydrogen (secondary N) is 2. The van der Waals surface area contributed by atoms with Crippen molar-refractivity contribution in [3.8, 4) is 11.5 Å². The van der Waals surface area contributed by atoms with E-state index in [1.807, 2.05) is 6.92 Å². The lowest BCUT2D eigenvalue weighted by molar-refractivity contribution is 0.0506. The number of furan rings is 1. The van der Waals surface area contributed by atoms with Gasteiger partial charge in [0.1, 0.15) is 15.6 Å². The maximum atomic E-state index is 12.7. The summed E-state index contributed by atoms with van der Waals surface area (Å²) in [5, 5.41) is 9.52. The van der Waals surface area contributed by atoms with Gasteiger partial charge in [-0.15, -0.1) is 11.3 Å². The van der Waals surface area contributed by atoms with E-state index in [4.69, 9.17) is 13.9 Å². The van der Waals surface area contributed by atoms with Crippen molar-refractivity contribution in [3.63, 3.8) is 0 Å². The van der Waals surface area contributed by atoms with Crippen LogP contribution in [0.25, 0.3) is 11.5 Å². The van der Waals surface area contributed by atoms with Gasteiger partial charge in [0.2, 0.25) is 0 Å². The molecule has 3 aromatic rings. The van der Waals surface area contributed by atoms with Crippen LogP contribution in [0.1, 0.15) is 49.4 Å². The van der Waals surface area contributed by atoms with Gasteiger partial charge in [0.25, 0.3) is 5.91 Å². The van der Waals surface area contributed by atoms with Crippen LogP contribution in [0.3, 0.4) is 0 Å². The van der Waals surface area contributed by atoms with E-state index in [1.54, 1.807) is 19.1 Å². The van der Waals surface area contributed by atoms with Crippen molar-refractivity contribution in [1.29, 1.82) is 0 Å². The number of esters is 2. The number of aromatic amines is 1. The van der Waals surface area contributed by atoms with Gasteiger partial charge in [-0.3, -0.25) is 9.89 Å². The number of carbonyl (C=O) groups excluding carboxylic acids is 3. The van der Waals surface area contributed by atoms with E-state index in [-0.39, 0.29) is 27.7 Å². The summed E-state index contributed by atoms with van der Waals surface area (Å²) in [6, 6.07) is 4.96. The predicted molar refractivity (Wildman–Crippen MR) is 105 cm³/mol. The number of methoxy groups -OCH3 is 1. The van der Waals surface area contributed by atoms with Crippen LogP contribution in [-0.2, 0) is 9.47 Å². The molecule has 3 aromatic heterocycles. The molecule has 0 saturated heterocycles. The molecule has 0 unspecified atom stereocenters. The van der Waals surface area contributed by atoms with Crippen LogP contribution >= 0.6 is 11.3 Å². The number of H-pyrrole nitrogens is 1. The number of amides is 1. The van der Waals surface area contributed by atoms with Crippen LogP contribution in [0.4, 0.5) is 5.00 Å². The first kappa shape index (κ1) is 20.3. The van der Waals surface area contributed by atoms with E-state index in [2.05, 4.69) is 15.5 Å². The average molecular weight is 417 g/mol. The van der Waals surface area contributed by atoms with Gasteiger partial charge in [-0.05, 0) is 31.0 Å². The van der Waals surface area contributed by atoms with Crippen molar-refractivity contribution in [3.05, 3.63) is 46.2 Å². The number of thiophene rings is 1. The highest BCUT2D eigenvalue weighted by Crippen LogP contribution is 2.34. The Kier molecular flexibility index (Phi) is 6.13. The summed E-state index contributed by atoms with van der Waals surface area (Å²) >= 11 is 0.944. The fraction of sp³-hybridized carbons (Fsp3) is 0.263. The molecule has 29 heavy (non-hydrogen) atoms. The van der Waals surface area contributed by atoms with Crippen molar-refractivity contribution in [2.45, 2.75) is 20.3 Å². The second-order valence-electron chi connectivity index (χ2n) is 5.99. The molecular weight excluding hydrogens is 398 g/mol. The van der Waals surface area contributed by atoms with E-state index in [0.29, 0.717) is 23.4 Å². The molecule has 0 radical (unpaired) electrons. The summed E-state index contributed by atoms with van der Waals surface area (Å²) < 4.78 is 15.2.